The molecule has 0 fully saturated rings. The molecule has 104 valence electrons. The third-order valence-corrected chi connectivity index (χ3v) is 2.57. The highest BCUT2D eigenvalue weighted by Gasteiger charge is 2.21. The summed E-state index contributed by atoms with van der Waals surface area (Å²) < 4.78 is 5.27. The molecule has 0 saturated carbocycles. The number of hydrogen-bond donors (Lipinski definition) is 2. The number of non-ortho nitro benzene ring substituents is 1. The smallest absolute Gasteiger partial charge is 0.344 e. The molecule has 2 unspecified atom stereocenters. The predicted molar refractivity (Wildman–Crippen MR) is 66.1 cm³/mol. The van der Waals surface area contributed by atoms with Crippen molar-refractivity contribution in [1.29, 1.82) is 0 Å². The third kappa shape index (κ3) is 3.65. The zero-order valence-corrected chi connectivity index (χ0v) is 10.6. The Balaban J connectivity index is 3.13. The van der Waals surface area contributed by atoms with E-state index in [2.05, 4.69) is 0 Å². The molecule has 7 heteroatoms. The average molecular weight is 269 g/mol. The van der Waals surface area contributed by atoms with Crippen LogP contribution in [0.2, 0.25) is 0 Å². The van der Waals surface area contributed by atoms with Crippen molar-refractivity contribution in [3.63, 3.8) is 0 Å². The van der Waals surface area contributed by atoms with Crippen LogP contribution in [0.4, 0.5) is 5.69 Å². The first-order valence-corrected chi connectivity index (χ1v) is 5.72. The Morgan fingerprint density at radius 1 is 1.53 bits per heavy atom. The lowest BCUT2D eigenvalue weighted by Gasteiger charge is -2.17. The van der Waals surface area contributed by atoms with Crippen LogP contribution in [-0.4, -0.2) is 27.2 Å². The van der Waals surface area contributed by atoms with Crippen molar-refractivity contribution in [3.8, 4) is 5.75 Å². The molecule has 2 N–H and O–H groups in total. The standard InChI is InChI=1S/C12H15NO6/c1-3-10(12(15)16)19-11-5-4-8(13(17)18)6-9(11)7(2)14/h4-7,10,14H,3H2,1-2H3,(H,15,16). The molecule has 0 spiro atoms. The Hall–Kier alpha value is -2.15. The van der Waals surface area contributed by atoms with Crippen molar-refractivity contribution in [3.05, 3.63) is 33.9 Å². The van der Waals surface area contributed by atoms with Gasteiger partial charge in [0, 0.05) is 17.7 Å². The second-order valence-corrected chi connectivity index (χ2v) is 4.01. The average Bonchev–Trinajstić information content (AvgIpc) is 2.35. The van der Waals surface area contributed by atoms with Crippen LogP contribution >= 0.6 is 0 Å². The predicted octanol–water partition coefficient (Wildman–Crippen LogP) is 1.89. The Labute approximate surface area is 109 Å². The van der Waals surface area contributed by atoms with Crippen LogP contribution in [-0.2, 0) is 4.79 Å². The number of benzene rings is 1. The maximum Gasteiger partial charge on any atom is 0.344 e. The van der Waals surface area contributed by atoms with Crippen molar-refractivity contribution in [2.45, 2.75) is 32.5 Å². The summed E-state index contributed by atoms with van der Waals surface area (Å²) in [7, 11) is 0. The minimum atomic E-state index is -1.13. The zero-order valence-electron chi connectivity index (χ0n) is 10.6. The molecular weight excluding hydrogens is 254 g/mol. The van der Waals surface area contributed by atoms with Crippen LogP contribution < -0.4 is 4.74 Å². The van der Waals surface area contributed by atoms with Gasteiger partial charge in [0.25, 0.3) is 5.69 Å². The number of ether oxygens (including phenoxy) is 1. The van der Waals surface area contributed by atoms with E-state index in [9.17, 15) is 20.0 Å². The molecule has 0 amide bonds. The lowest BCUT2D eigenvalue weighted by molar-refractivity contribution is -0.385. The van der Waals surface area contributed by atoms with Crippen LogP contribution in [0.15, 0.2) is 18.2 Å². The number of nitro benzene ring substituents is 1. The zero-order chi connectivity index (χ0) is 14.6. The highest BCUT2D eigenvalue weighted by Crippen LogP contribution is 2.30. The summed E-state index contributed by atoms with van der Waals surface area (Å²) in [5.41, 5.74) is 0.000485. The van der Waals surface area contributed by atoms with Crippen molar-refractivity contribution < 1.29 is 24.7 Å². The fourth-order valence-electron chi connectivity index (χ4n) is 1.54. The van der Waals surface area contributed by atoms with E-state index in [1.807, 2.05) is 0 Å². The second-order valence-electron chi connectivity index (χ2n) is 4.01. The quantitative estimate of drug-likeness (QED) is 0.602. The number of hydrogen-bond acceptors (Lipinski definition) is 5. The summed E-state index contributed by atoms with van der Waals surface area (Å²) in [4.78, 5) is 21.0. The molecule has 1 aromatic rings. The largest absolute Gasteiger partial charge is 0.479 e. The van der Waals surface area contributed by atoms with Crippen LogP contribution in [0, 0.1) is 10.1 Å². The van der Waals surface area contributed by atoms with Crippen molar-refractivity contribution in [2.24, 2.45) is 0 Å². The number of carboxylic acid groups (broad SMARTS) is 1. The van der Waals surface area contributed by atoms with Gasteiger partial charge in [-0.25, -0.2) is 4.79 Å². The van der Waals surface area contributed by atoms with Crippen molar-refractivity contribution >= 4 is 11.7 Å². The van der Waals surface area contributed by atoms with E-state index < -0.39 is 23.1 Å². The molecule has 0 aromatic heterocycles. The number of aliphatic carboxylic acids is 1. The van der Waals surface area contributed by atoms with Gasteiger partial charge in [-0.15, -0.1) is 0 Å². The van der Waals surface area contributed by atoms with Crippen molar-refractivity contribution in [1.82, 2.24) is 0 Å². The van der Waals surface area contributed by atoms with Crippen molar-refractivity contribution in [2.75, 3.05) is 0 Å². The Morgan fingerprint density at radius 2 is 2.16 bits per heavy atom. The third-order valence-electron chi connectivity index (χ3n) is 2.57. The fourth-order valence-corrected chi connectivity index (χ4v) is 1.54. The first kappa shape index (κ1) is 14.9. The van der Waals surface area contributed by atoms with Gasteiger partial charge < -0.3 is 14.9 Å². The number of aliphatic hydroxyl groups excluding tert-OH is 1. The van der Waals surface area contributed by atoms with E-state index in [-0.39, 0.29) is 23.4 Å². The number of rotatable bonds is 6. The minimum absolute atomic E-state index is 0.134. The topological polar surface area (TPSA) is 110 Å². The minimum Gasteiger partial charge on any atom is -0.479 e. The normalized spacial score (nSPS) is 13.6. The molecule has 0 radical (unpaired) electrons. The highest BCUT2D eigenvalue weighted by atomic mass is 16.6. The molecule has 2 atom stereocenters. The molecule has 7 nitrogen and oxygen atoms in total. The summed E-state index contributed by atoms with van der Waals surface area (Å²) in [6.07, 6.45) is -1.81. The molecule has 0 saturated heterocycles. The maximum atomic E-state index is 10.9. The molecule has 1 rings (SSSR count). The summed E-state index contributed by atoms with van der Waals surface area (Å²) in [6, 6.07) is 3.68. The SMILES string of the molecule is CCC(Oc1ccc([N+](=O)[O-])cc1C(C)O)C(=O)O. The fraction of sp³-hybridized carbons (Fsp3) is 0.417. The number of carboxylic acids is 1. The first-order valence-electron chi connectivity index (χ1n) is 5.72. The number of nitro groups is 1. The van der Waals surface area contributed by atoms with Gasteiger partial charge in [0.15, 0.2) is 6.10 Å². The lowest BCUT2D eigenvalue weighted by atomic mass is 10.1. The van der Waals surface area contributed by atoms with Gasteiger partial charge in [-0.05, 0) is 19.4 Å². The summed E-state index contributed by atoms with van der Waals surface area (Å²) in [6.45, 7) is 3.07. The van der Waals surface area contributed by atoms with E-state index in [0.717, 1.165) is 0 Å². The van der Waals surface area contributed by atoms with Gasteiger partial charge in [-0.2, -0.15) is 0 Å². The summed E-state index contributed by atoms with van der Waals surface area (Å²) in [5, 5.41) is 29.2. The van der Waals surface area contributed by atoms with Gasteiger partial charge in [0.05, 0.1) is 11.0 Å². The van der Waals surface area contributed by atoms with Gasteiger partial charge in [0.1, 0.15) is 5.75 Å². The van der Waals surface area contributed by atoms with E-state index in [0.29, 0.717) is 0 Å². The molecule has 19 heavy (non-hydrogen) atoms. The molecule has 0 aliphatic carbocycles. The van der Waals surface area contributed by atoms with E-state index >= 15 is 0 Å². The number of aliphatic hydroxyl groups is 1. The summed E-state index contributed by atoms with van der Waals surface area (Å²) in [5.74, 6) is -0.993. The van der Waals surface area contributed by atoms with E-state index in [1.54, 1.807) is 6.92 Å². The van der Waals surface area contributed by atoms with E-state index in [4.69, 9.17) is 9.84 Å². The van der Waals surface area contributed by atoms with Gasteiger partial charge in [-0.1, -0.05) is 6.92 Å². The van der Waals surface area contributed by atoms with Crippen LogP contribution in [0.1, 0.15) is 31.9 Å². The van der Waals surface area contributed by atoms with E-state index in [1.165, 1.54) is 25.1 Å². The second kappa shape index (κ2) is 6.14. The van der Waals surface area contributed by atoms with Crippen LogP contribution in [0.25, 0.3) is 0 Å². The Morgan fingerprint density at radius 3 is 2.58 bits per heavy atom. The number of carbonyl (C=O) groups is 1. The molecule has 0 aliphatic heterocycles. The highest BCUT2D eigenvalue weighted by molar-refractivity contribution is 5.72. The molecule has 1 aromatic carbocycles. The summed E-state index contributed by atoms with van der Waals surface area (Å²) >= 11 is 0. The monoisotopic (exact) mass is 269 g/mol. The molecule has 0 bridgehead atoms. The lowest BCUT2D eigenvalue weighted by Crippen LogP contribution is -2.26. The molecule has 0 aliphatic rings. The van der Waals surface area contributed by atoms with Gasteiger partial charge in [0.2, 0.25) is 0 Å². The van der Waals surface area contributed by atoms with Crippen LogP contribution in [0.5, 0.6) is 5.75 Å². The van der Waals surface area contributed by atoms with Crippen LogP contribution in [0.3, 0.4) is 0 Å². The molecular formula is C12H15NO6. The maximum absolute atomic E-state index is 10.9. The number of nitrogens with zero attached hydrogens (tertiary/aromatic N) is 1. The molecule has 0 heterocycles. The first-order chi connectivity index (χ1) is 8.86. The van der Waals surface area contributed by atoms with Gasteiger partial charge >= 0.3 is 5.97 Å². The Kier molecular flexibility index (Phi) is 4.82. The van der Waals surface area contributed by atoms with Gasteiger partial charge in [-0.3, -0.25) is 10.1 Å². The Bertz CT molecular complexity index is 485.